The lowest BCUT2D eigenvalue weighted by Crippen LogP contribution is -2.41. The number of carbonyl (C=O) groups excluding carboxylic acids is 4. The lowest BCUT2D eigenvalue weighted by atomic mass is 9.94. The van der Waals surface area contributed by atoms with Gasteiger partial charge in [-0.3, -0.25) is 24.1 Å². The minimum absolute atomic E-state index is 0.00627. The summed E-state index contributed by atoms with van der Waals surface area (Å²) in [5.41, 5.74) is 6.79. The molecule has 4 amide bonds. The van der Waals surface area contributed by atoms with E-state index in [1.54, 1.807) is 48.5 Å². The third-order valence-electron chi connectivity index (χ3n) is 5.89. The van der Waals surface area contributed by atoms with E-state index < -0.39 is 5.91 Å². The highest BCUT2D eigenvalue weighted by Crippen LogP contribution is 2.31. The third kappa shape index (κ3) is 4.34. The molecule has 1 heterocycles. The summed E-state index contributed by atoms with van der Waals surface area (Å²) in [5, 5.41) is 1.51. The minimum Gasteiger partial charge on any atom is -0.495 e. The molecular formula is C26H25N3O5. The van der Waals surface area contributed by atoms with Crippen molar-refractivity contribution >= 4 is 40.1 Å². The van der Waals surface area contributed by atoms with Gasteiger partial charge in [0.05, 0.1) is 12.8 Å². The zero-order chi connectivity index (χ0) is 24.2. The maximum Gasteiger partial charge on any atom is 0.261 e. The fraction of sp³-hybridized carbons (Fsp3) is 0.231. The first-order valence-corrected chi connectivity index (χ1v) is 11.0. The van der Waals surface area contributed by atoms with Crippen LogP contribution in [-0.2, 0) is 9.59 Å². The number of rotatable bonds is 9. The topological polar surface area (TPSA) is 110 Å². The minimum atomic E-state index is -0.523. The summed E-state index contributed by atoms with van der Waals surface area (Å²) in [6.07, 6.45) is 0.337. The van der Waals surface area contributed by atoms with Gasteiger partial charge < -0.3 is 15.4 Å². The summed E-state index contributed by atoms with van der Waals surface area (Å²) >= 11 is 0. The van der Waals surface area contributed by atoms with Crippen LogP contribution in [0.4, 0.5) is 5.69 Å². The number of primary amides is 1. The van der Waals surface area contributed by atoms with E-state index in [0.717, 1.165) is 5.39 Å². The van der Waals surface area contributed by atoms with E-state index in [4.69, 9.17) is 10.5 Å². The maximum atomic E-state index is 13.1. The number of hydrogen-bond acceptors (Lipinski definition) is 5. The molecule has 1 aliphatic heterocycles. The van der Waals surface area contributed by atoms with Crippen molar-refractivity contribution in [3.63, 3.8) is 0 Å². The first kappa shape index (κ1) is 23.0. The molecular weight excluding hydrogens is 434 g/mol. The molecule has 0 spiro atoms. The van der Waals surface area contributed by atoms with Crippen LogP contribution in [0.3, 0.4) is 0 Å². The Morgan fingerprint density at radius 1 is 0.912 bits per heavy atom. The Balaban J connectivity index is 1.49. The van der Waals surface area contributed by atoms with Crippen LogP contribution in [0.25, 0.3) is 10.8 Å². The number of nitrogens with zero attached hydrogens (tertiary/aromatic N) is 2. The summed E-state index contributed by atoms with van der Waals surface area (Å²) in [6.45, 7) is 0.204. The molecule has 0 saturated carbocycles. The van der Waals surface area contributed by atoms with E-state index in [-0.39, 0.29) is 50.1 Å². The Kier molecular flexibility index (Phi) is 6.58. The highest BCUT2D eigenvalue weighted by atomic mass is 16.5. The second kappa shape index (κ2) is 9.74. The molecule has 1 aliphatic rings. The fourth-order valence-electron chi connectivity index (χ4n) is 4.26. The number of hydrogen-bond donors (Lipinski definition) is 1. The van der Waals surface area contributed by atoms with Crippen molar-refractivity contribution in [1.82, 2.24) is 4.90 Å². The van der Waals surface area contributed by atoms with Gasteiger partial charge in [0.15, 0.2) is 0 Å². The first-order chi connectivity index (χ1) is 16.4. The van der Waals surface area contributed by atoms with Gasteiger partial charge >= 0.3 is 0 Å². The van der Waals surface area contributed by atoms with Gasteiger partial charge in [0.25, 0.3) is 11.8 Å². The summed E-state index contributed by atoms with van der Waals surface area (Å²) in [7, 11) is 1.50. The zero-order valence-corrected chi connectivity index (χ0v) is 18.8. The van der Waals surface area contributed by atoms with Crippen molar-refractivity contribution in [2.75, 3.05) is 25.1 Å². The molecule has 8 nitrogen and oxygen atoms in total. The number of para-hydroxylation sites is 2. The Labute approximate surface area is 196 Å². The van der Waals surface area contributed by atoms with Crippen molar-refractivity contribution in [3.8, 4) is 5.75 Å². The molecule has 4 rings (SSSR count). The van der Waals surface area contributed by atoms with Crippen LogP contribution in [-0.4, -0.2) is 48.7 Å². The smallest absolute Gasteiger partial charge is 0.261 e. The number of amides is 4. The number of benzene rings is 3. The van der Waals surface area contributed by atoms with Crippen LogP contribution >= 0.6 is 0 Å². The highest BCUT2D eigenvalue weighted by molar-refractivity contribution is 6.25. The van der Waals surface area contributed by atoms with E-state index in [9.17, 15) is 19.2 Å². The zero-order valence-electron chi connectivity index (χ0n) is 18.8. The molecule has 8 heteroatoms. The predicted molar refractivity (Wildman–Crippen MR) is 128 cm³/mol. The van der Waals surface area contributed by atoms with Gasteiger partial charge in [0.1, 0.15) is 5.75 Å². The van der Waals surface area contributed by atoms with E-state index in [0.29, 0.717) is 28.0 Å². The largest absolute Gasteiger partial charge is 0.495 e. The maximum absolute atomic E-state index is 13.1. The average molecular weight is 460 g/mol. The Morgan fingerprint density at radius 3 is 2.18 bits per heavy atom. The Bertz CT molecular complexity index is 1240. The number of carbonyl (C=O) groups is 4. The lowest BCUT2D eigenvalue weighted by Gasteiger charge is -2.28. The second-order valence-corrected chi connectivity index (χ2v) is 8.01. The Hall–Kier alpha value is -4.20. The number of anilines is 1. The van der Waals surface area contributed by atoms with Crippen LogP contribution in [0, 0.1) is 0 Å². The number of methoxy groups -OCH3 is 1. The summed E-state index contributed by atoms with van der Waals surface area (Å²) in [5.74, 6) is -1.02. The van der Waals surface area contributed by atoms with E-state index in [1.165, 1.54) is 16.9 Å². The van der Waals surface area contributed by atoms with Gasteiger partial charge in [-0.15, -0.1) is 0 Å². The molecule has 2 N–H and O–H groups in total. The van der Waals surface area contributed by atoms with Gasteiger partial charge in [-0.1, -0.05) is 36.4 Å². The number of nitrogens with two attached hydrogens (primary N) is 1. The molecule has 0 atom stereocenters. The molecule has 0 saturated heterocycles. The molecule has 0 aliphatic carbocycles. The molecule has 0 aromatic heterocycles. The van der Waals surface area contributed by atoms with Gasteiger partial charge in [-0.05, 0) is 36.1 Å². The van der Waals surface area contributed by atoms with Crippen LogP contribution in [0.15, 0.2) is 60.7 Å². The number of ether oxygens (including phenoxy) is 1. The van der Waals surface area contributed by atoms with E-state index >= 15 is 0 Å². The lowest BCUT2D eigenvalue weighted by molar-refractivity contribution is -0.119. The quantitative estimate of drug-likeness (QED) is 0.495. The standard InChI is InChI=1S/C26H25N3O5/c1-34-21-12-3-2-11-20(21)28(16-14-22(27)30)23(31)13-6-15-29-25(32)18-9-4-7-17-8-5-10-19(24(17)18)26(29)33/h2-5,7-12H,6,13-16H2,1H3,(H2,27,30). The molecule has 0 unspecified atom stereocenters. The summed E-state index contributed by atoms with van der Waals surface area (Å²) in [4.78, 5) is 53.2. The van der Waals surface area contributed by atoms with E-state index in [1.807, 2.05) is 12.1 Å². The molecule has 34 heavy (non-hydrogen) atoms. The van der Waals surface area contributed by atoms with Crippen molar-refractivity contribution in [2.45, 2.75) is 19.3 Å². The van der Waals surface area contributed by atoms with Gasteiger partial charge in [0.2, 0.25) is 11.8 Å². The summed E-state index contributed by atoms with van der Waals surface area (Å²) < 4.78 is 5.36. The highest BCUT2D eigenvalue weighted by Gasteiger charge is 2.32. The van der Waals surface area contributed by atoms with Crippen LogP contribution < -0.4 is 15.4 Å². The molecule has 3 aromatic rings. The van der Waals surface area contributed by atoms with Crippen molar-refractivity contribution < 1.29 is 23.9 Å². The van der Waals surface area contributed by atoms with Crippen molar-refractivity contribution in [3.05, 3.63) is 71.8 Å². The monoisotopic (exact) mass is 459 g/mol. The van der Waals surface area contributed by atoms with E-state index in [2.05, 4.69) is 0 Å². The predicted octanol–water partition coefficient (Wildman–Crippen LogP) is 3.13. The molecule has 0 radical (unpaired) electrons. The number of imide groups is 1. The molecule has 0 bridgehead atoms. The SMILES string of the molecule is COc1ccccc1N(CCC(N)=O)C(=O)CCCN1C(=O)c2cccc3cccc(c23)C1=O. The third-order valence-corrected chi connectivity index (χ3v) is 5.89. The van der Waals surface area contributed by atoms with Crippen LogP contribution in [0.5, 0.6) is 5.75 Å². The Morgan fingerprint density at radius 2 is 1.56 bits per heavy atom. The van der Waals surface area contributed by atoms with Crippen molar-refractivity contribution in [1.29, 1.82) is 0 Å². The van der Waals surface area contributed by atoms with Crippen LogP contribution in [0.1, 0.15) is 40.0 Å². The molecule has 3 aromatic carbocycles. The molecule has 174 valence electrons. The average Bonchev–Trinajstić information content (AvgIpc) is 2.84. The first-order valence-electron chi connectivity index (χ1n) is 11.0. The normalized spacial score (nSPS) is 12.7. The van der Waals surface area contributed by atoms with Gasteiger partial charge in [0, 0.05) is 42.4 Å². The second-order valence-electron chi connectivity index (χ2n) is 8.01. The summed E-state index contributed by atoms with van der Waals surface area (Å²) in [6, 6.07) is 17.8. The van der Waals surface area contributed by atoms with Crippen LogP contribution in [0.2, 0.25) is 0 Å². The van der Waals surface area contributed by atoms with Gasteiger partial charge in [-0.25, -0.2) is 0 Å². The molecule has 0 fully saturated rings. The fourth-order valence-corrected chi connectivity index (χ4v) is 4.26. The van der Waals surface area contributed by atoms with Gasteiger partial charge in [-0.2, -0.15) is 0 Å². The van der Waals surface area contributed by atoms with Crippen molar-refractivity contribution in [2.24, 2.45) is 5.73 Å².